The van der Waals surface area contributed by atoms with Crippen molar-refractivity contribution >= 4 is 17.5 Å². The van der Waals surface area contributed by atoms with Gasteiger partial charge in [0.15, 0.2) is 0 Å². The molecule has 1 aliphatic rings. The molecule has 2 aromatic heterocycles. The van der Waals surface area contributed by atoms with Crippen LogP contribution in [-0.4, -0.2) is 39.5 Å². The van der Waals surface area contributed by atoms with Crippen LogP contribution >= 0.6 is 11.6 Å². The van der Waals surface area contributed by atoms with Gasteiger partial charge in [-0.2, -0.15) is 5.10 Å². The summed E-state index contributed by atoms with van der Waals surface area (Å²) < 4.78 is 7.12. The molecule has 0 radical (unpaired) electrons. The number of nitrogens with one attached hydrogen (secondary N) is 2. The summed E-state index contributed by atoms with van der Waals surface area (Å²) in [5.74, 6) is 1.12. The van der Waals surface area contributed by atoms with Gasteiger partial charge in [0.1, 0.15) is 0 Å². The first-order chi connectivity index (χ1) is 11.6. The number of H-pyrrole nitrogens is 1. The first kappa shape index (κ1) is 17.0. The molecule has 1 unspecified atom stereocenters. The molecular formula is C16H22ClN5O2. The van der Waals surface area contributed by atoms with Gasteiger partial charge in [-0.1, -0.05) is 18.5 Å². The SMILES string of the molecule is CC(Cn1cc(Cl)cn1)c1cc(=O)[nH]c(NCC2CCOCC2)n1. The minimum Gasteiger partial charge on any atom is -0.381 e. The largest absolute Gasteiger partial charge is 0.381 e. The van der Waals surface area contributed by atoms with Crippen molar-refractivity contribution in [3.05, 3.63) is 39.5 Å². The Morgan fingerprint density at radius 1 is 1.50 bits per heavy atom. The van der Waals surface area contributed by atoms with Crippen LogP contribution in [0.5, 0.6) is 0 Å². The third kappa shape index (κ3) is 4.58. The molecule has 0 saturated carbocycles. The molecule has 0 amide bonds. The number of anilines is 1. The maximum atomic E-state index is 11.9. The quantitative estimate of drug-likeness (QED) is 0.833. The highest BCUT2D eigenvalue weighted by atomic mass is 35.5. The Bertz CT molecular complexity index is 723. The first-order valence-corrected chi connectivity index (χ1v) is 8.59. The minimum atomic E-state index is -0.153. The monoisotopic (exact) mass is 351 g/mol. The molecule has 1 saturated heterocycles. The lowest BCUT2D eigenvalue weighted by molar-refractivity contribution is 0.0699. The third-order valence-corrected chi connectivity index (χ3v) is 4.42. The molecule has 3 heterocycles. The van der Waals surface area contributed by atoms with Crippen LogP contribution in [-0.2, 0) is 11.3 Å². The Hall–Kier alpha value is -1.86. The topological polar surface area (TPSA) is 84.8 Å². The number of aromatic nitrogens is 4. The molecule has 1 aliphatic heterocycles. The van der Waals surface area contributed by atoms with E-state index in [9.17, 15) is 4.79 Å². The van der Waals surface area contributed by atoms with E-state index in [0.29, 0.717) is 23.4 Å². The van der Waals surface area contributed by atoms with E-state index < -0.39 is 0 Å². The molecular weight excluding hydrogens is 330 g/mol. The van der Waals surface area contributed by atoms with Crippen LogP contribution in [0.1, 0.15) is 31.4 Å². The lowest BCUT2D eigenvalue weighted by Gasteiger charge is -2.22. The summed E-state index contributed by atoms with van der Waals surface area (Å²) in [7, 11) is 0. The molecule has 2 N–H and O–H groups in total. The molecule has 0 spiro atoms. The van der Waals surface area contributed by atoms with E-state index in [4.69, 9.17) is 16.3 Å². The predicted molar refractivity (Wildman–Crippen MR) is 92.5 cm³/mol. The molecule has 0 aromatic carbocycles. The second-order valence-corrected chi connectivity index (χ2v) is 6.67. The average molecular weight is 352 g/mol. The van der Waals surface area contributed by atoms with Crippen LogP contribution in [0.25, 0.3) is 0 Å². The molecule has 24 heavy (non-hydrogen) atoms. The Morgan fingerprint density at radius 3 is 3.00 bits per heavy atom. The van der Waals surface area contributed by atoms with Crippen LogP contribution in [0, 0.1) is 5.92 Å². The maximum absolute atomic E-state index is 11.9. The van der Waals surface area contributed by atoms with Gasteiger partial charge in [-0.3, -0.25) is 14.5 Å². The lowest BCUT2D eigenvalue weighted by Crippen LogP contribution is -2.24. The number of rotatable bonds is 6. The zero-order chi connectivity index (χ0) is 16.9. The van der Waals surface area contributed by atoms with Crippen LogP contribution in [0.2, 0.25) is 5.02 Å². The summed E-state index contributed by atoms with van der Waals surface area (Å²) in [5, 5.41) is 8.02. The lowest BCUT2D eigenvalue weighted by atomic mass is 10.0. The molecule has 1 fully saturated rings. The van der Waals surface area contributed by atoms with Crippen molar-refractivity contribution in [1.82, 2.24) is 19.7 Å². The number of hydrogen-bond acceptors (Lipinski definition) is 5. The van der Waals surface area contributed by atoms with E-state index >= 15 is 0 Å². The van der Waals surface area contributed by atoms with Crippen LogP contribution in [0.15, 0.2) is 23.3 Å². The number of nitrogens with zero attached hydrogens (tertiary/aromatic N) is 3. The van der Waals surface area contributed by atoms with Crippen LogP contribution < -0.4 is 10.9 Å². The highest BCUT2D eigenvalue weighted by molar-refractivity contribution is 6.30. The van der Waals surface area contributed by atoms with Crippen molar-refractivity contribution in [2.75, 3.05) is 25.1 Å². The van der Waals surface area contributed by atoms with Crippen LogP contribution in [0.3, 0.4) is 0 Å². The van der Waals surface area contributed by atoms with E-state index in [0.717, 1.165) is 38.3 Å². The normalized spacial score (nSPS) is 16.9. The molecule has 2 aromatic rings. The molecule has 7 nitrogen and oxygen atoms in total. The summed E-state index contributed by atoms with van der Waals surface area (Å²) >= 11 is 5.88. The van der Waals surface area contributed by atoms with E-state index in [1.807, 2.05) is 6.92 Å². The summed E-state index contributed by atoms with van der Waals surface area (Å²) in [4.78, 5) is 19.2. The Balaban J connectivity index is 1.65. The third-order valence-electron chi connectivity index (χ3n) is 4.23. The molecule has 8 heteroatoms. The smallest absolute Gasteiger partial charge is 0.252 e. The number of hydrogen-bond donors (Lipinski definition) is 2. The minimum absolute atomic E-state index is 0.0481. The van der Waals surface area contributed by atoms with Crippen molar-refractivity contribution in [3.63, 3.8) is 0 Å². The number of aromatic amines is 1. The van der Waals surface area contributed by atoms with Gasteiger partial charge in [-0.15, -0.1) is 0 Å². The second kappa shape index (κ2) is 7.81. The van der Waals surface area contributed by atoms with Gasteiger partial charge < -0.3 is 10.1 Å². The molecule has 130 valence electrons. The van der Waals surface area contributed by atoms with Crippen molar-refractivity contribution in [1.29, 1.82) is 0 Å². The molecule has 3 rings (SSSR count). The maximum Gasteiger partial charge on any atom is 0.252 e. The van der Waals surface area contributed by atoms with Gasteiger partial charge in [0, 0.05) is 44.5 Å². The summed E-state index contributed by atoms with van der Waals surface area (Å²) in [6.45, 7) is 5.03. The van der Waals surface area contributed by atoms with Crippen LogP contribution in [0.4, 0.5) is 5.95 Å². The van der Waals surface area contributed by atoms with Crippen molar-refractivity contribution < 1.29 is 4.74 Å². The summed E-state index contributed by atoms with van der Waals surface area (Å²) in [5.41, 5.74) is 0.583. The Kier molecular flexibility index (Phi) is 5.52. The number of halogens is 1. The van der Waals surface area contributed by atoms with Gasteiger partial charge in [0.25, 0.3) is 5.56 Å². The summed E-state index contributed by atoms with van der Waals surface area (Å²) in [6.07, 6.45) is 5.43. The number of ether oxygens (including phenoxy) is 1. The van der Waals surface area contributed by atoms with Crippen molar-refractivity contribution in [3.8, 4) is 0 Å². The van der Waals surface area contributed by atoms with Gasteiger partial charge >= 0.3 is 0 Å². The summed E-state index contributed by atoms with van der Waals surface area (Å²) in [6, 6.07) is 1.54. The van der Waals surface area contributed by atoms with Gasteiger partial charge in [0.05, 0.1) is 16.9 Å². The predicted octanol–water partition coefficient (Wildman–Crippen LogP) is 2.26. The average Bonchev–Trinajstić information content (AvgIpc) is 2.98. The Labute approximate surface area is 145 Å². The molecule has 0 aliphatic carbocycles. The standard InChI is InChI=1S/C16H22ClN5O2/c1-11(9-22-10-13(17)8-19-22)14-6-15(23)21-16(20-14)18-7-12-2-4-24-5-3-12/h6,8,10-12H,2-5,7,9H2,1H3,(H2,18,20,21,23). The van der Waals surface area contributed by atoms with Gasteiger partial charge in [-0.05, 0) is 18.8 Å². The zero-order valence-electron chi connectivity index (χ0n) is 13.7. The van der Waals surface area contributed by atoms with E-state index in [-0.39, 0.29) is 11.5 Å². The fourth-order valence-electron chi connectivity index (χ4n) is 2.82. The van der Waals surface area contributed by atoms with E-state index in [2.05, 4.69) is 20.4 Å². The fraction of sp³-hybridized carbons (Fsp3) is 0.562. The van der Waals surface area contributed by atoms with Crippen molar-refractivity contribution in [2.45, 2.75) is 32.2 Å². The highest BCUT2D eigenvalue weighted by Gasteiger charge is 2.15. The second-order valence-electron chi connectivity index (χ2n) is 6.24. The molecule has 0 bridgehead atoms. The van der Waals surface area contributed by atoms with Crippen molar-refractivity contribution in [2.24, 2.45) is 5.92 Å². The fourth-order valence-corrected chi connectivity index (χ4v) is 2.97. The van der Waals surface area contributed by atoms with Gasteiger partial charge in [0.2, 0.25) is 5.95 Å². The van der Waals surface area contributed by atoms with E-state index in [1.165, 1.54) is 6.07 Å². The first-order valence-electron chi connectivity index (χ1n) is 8.21. The highest BCUT2D eigenvalue weighted by Crippen LogP contribution is 2.17. The van der Waals surface area contributed by atoms with E-state index in [1.54, 1.807) is 17.1 Å². The zero-order valence-corrected chi connectivity index (χ0v) is 14.4. The Morgan fingerprint density at radius 2 is 2.29 bits per heavy atom. The molecule has 1 atom stereocenters. The van der Waals surface area contributed by atoms with Gasteiger partial charge in [-0.25, -0.2) is 4.98 Å².